The highest BCUT2D eigenvalue weighted by Crippen LogP contribution is 2.30. The molecule has 0 amide bonds. The van der Waals surface area contributed by atoms with Gasteiger partial charge in [-0.3, -0.25) is 4.79 Å². The maximum atomic E-state index is 10.9. The quantitative estimate of drug-likeness (QED) is 0.852. The molecule has 1 atom stereocenters. The molecule has 0 aliphatic rings. The van der Waals surface area contributed by atoms with Gasteiger partial charge in [0.2, 0.25) is 0 Å². The average molecular weight is 287 g/mol. The van der Waals surface area contributed by atoms with Crippen LogP contribution in [0.1, 0.15) is 17.2 Å². The standard InChI is InChI=1S/C16H17NO4/c1-20-14-9-12(15(17)16(18)19)7-8-13(14)21-10-11-5-3-2-4-6-11/h2-9,15H,10,17H2,1H3,(H,18,19). The molecule has 0 fully saturated rings. The average Bonchev–Trinajstić information content (AvgIpc) is 2.53. The predicted molar refractivity (Wildman–Crippen MR) is 78.3 cm³/mol. The van der Waals surface area contributed by atoms with E-state index in [4.69, 9.17) is 20.3 Å². The minimum Gasteiger partial charge on any atom is -0.493 e. The van der Waals surface area contributed by atoms with Crippen molar-refractivity contribution in [3.63, 3.8) is 0 Å². The van der Waals surface area contributed by atoms with E-state index in [1.807, 2.05) is 30.3 Å². The van der Waals surface area contributed by atoms with Crippen LogP contribution in [0.25, 0.3) is 0 Å². The number of carboxylic acids is 1. The minimum atomic E-state index is -1.09. The number of rotatable bonds is 6. The highest BCUT2D eigenvalue weighted by Gasteiger charge is 2.16. The summed E-state index contributed by atoms with van der Waals surface area (Å²) < 4.78 is 10.9. The number of carbonyl (C=O) groups is 1. The van der Waals surface area contributed by atoms with Crippen LogP contribution in [0.3, 0.4) is 0 Å². The van der Waals surface area contributed by atoms with Crippen molar-refractivity contribution in [2.75, 3.05) is 7.11 Å². The molecule has 0 aromatic heterocycles. The zero-order valence-corrected chi connectivity index (χ0v) is 11.7. The van der Waals surface area contributed by atoms with Gasteiger partial charge >= 0.3 is 5.97 Å². The van der Waals surface area contributed by atoms with Crippen molar-refractivity contribution in [2.45, 2.75) is 12.6 Å². The van der Waals surface area contributed by atoms with Crippen LogP contribution in [0.5, 0.6) is 11.5 Å². The van der Waals surface area contributed by atoms with E-state index in [1.165, 1.54) is 7.11 Å². The van der Waals surface area contributed by atoms with Crippen molar-refractivity contribution in [3.05, 3.63) is 59.7 Å². The molecule has 0 heterocycles. The number of methoxy groups -OCH3 is 1. The predicted octanol–water partition coefficient (Wildman–Crippen LogP) is 2.36. The fourth-order valence-corrected chi connectivity index (χ4v) is 1.87. The van der Waals surface area contributed by atoms with Gasteiger partial charge in [0.1, 0.15) is 12.6 Å². The Hall–Kier alpha value is -2.53. The van der Waals surface area contributed by atoms with Crippen molar-refractivity contribution in [1.29, 1.82) is 0 Å². The molecular weight excluding hydrogens is 270 g/mol. The fraction of sp³-hybridized carbons (Fsp3) is 0.188. The Morgan fingerprint density at radius 1 is 1.19 bits per heavy atom. The third-order valence-electron chi connectivity index (χ3n) is 3.05. The molecule has 0 aliphatic carbocycles. The fourth-order valence-electron chi connectivity index (χ4n) is 1.87. The molecule has 0 spiro atoms. The molecule has 5 nitrogen and oxygen atoms in total. The number of hydrogen-bond donors (Lipinski definition) is 2. The van der Waals surface area contributed by atoms with E-state index < -0.39 is 12.0 Å². The zero-order chi connectivity index (χ0) is 15.2. The van der Waals surface area contributed by atoms with Crippen molar-refractivity contribution < 1.29 is 19.4 Å². The Kier molecular flexibility index (Phi) is 4.79. The second kappa shape index (κ2) is 6.76. The molecule has 0 aliphatic heterocycles. The molecule has 2 aromatic rings. The van der Waals surface area contributed by atoms with E-state index in [-0.39, 0.29) is 0 Å². The molecule has 1 unspecified atom stereocenters. The van der Waals surface area contributed by atoms with Gasteiger partial charge in [-0.15, -0.1) is 0 Å². The second-order valence-electron chi connectivity index (χ2n) is 4.50. The van der Waals surface area contributed by atoms with Gasteiger partial charge in [-0.25, -0.2) is 0 Å². The van der Waals surface area contributed by atoms with Crippen LogP contribution < -0.4 is 15.2 Å². The number of benzene rings is 2. The highest BCUT2D eigenvalue weighted by atomic mass is 16.5. The van der Waals surface area contributed by atoms with E-state index in [1.54, 1.807) is 18.2 Å². The lowest BCUT2D eigenvalue weighted by molar-refractivity contribution is -0.138. The van der Waals surface area contributed by atoms with Crippen LogP contribution in [-0.2, 0) is 11.4 Å². The van der Waals surface area contributed by atoms with Gasteiger partial charge < -0.3 is 20.3 Å². The Bertz CT molecular complexity index is 613. The summed E-state index contributed by atoms with van der Waals surface area (Å²) in [6, 6.07) is 13.5. The molecule has 3 N–H and O–H groups in total. The number of nitrogens with two attached hydrogens (primary N) is 1. The van der Waals surface area contributed by atoms with Crippen LogP contribution in [0.15, 0.2) is 48.5 Å². The maximum absolute atomic E-state index is 10.9. The third kappa shape index (κ3) is 3.73. The summed E-state index contributed by atoms with van der Waals surface area (Å²) in [4.78, 5) is 10.9. The van der Waals surface area contributed by atoms with Gasteiger partial charge in [-0.1, -0.05) is 36.4 Å². The molecule has 110 valence electrons. The largest absolute Gasteiger partial charge is 0.493 e. The van der Waals surface area contributed by atoms with E-state index in [0.717, 1.165) is 5.56 Å². The van der Waals surface area contributed by atoms with Crippen molar-refractivity contribution in [2.24, 2.45) is 5.73 Å². The van der Waals surface area contributed by atoms with E-state index in [9.17, 15) is 4.79 Å². The van der Waals surface area contributed by atoms with Crippen LogP contribution in [0, 0.1) is 0 Å². The molecule has 5 heteroatoms. The highest BCUT2D eigenvalue weighted by molar-refractivity contribution is 5.75. The molecule has 0 radical (unpaired) electrons. The number of ether oxygens (including phenoxy) is 2. The lowest BCUT2D eigenvalue weighted by atomic mass is 10.1. The number of hydrogen-bond acceptors (Lipinski definition) is 4. The van der Waals surface area contributed by atoms with Gasteiger partial charge in [0.15, 0.2) is 11.5 Å². The van der Waals surface area contributed by atoms with Crippen LogP contribution in [-0.4, -0.2) is 18.2 Å². The van der Waals surface area contributed by atoms with Crippen molar-refractivity contribution >= 4 is 5.97 Å². The maximum Gasteiger partial charge on any atom is 0.325 e. The molecule has 2 aromatic carbocycles. The first-order valence-corrected chi connectivity index (χ1v) is 6.45. The summed E-state index contributed by atoms with van der Waals surface area (Å²) in [5, 5.41) is 8.92. The Morgan fingerprint density at radius 3 is 2.52 bits per heavy atom. The first-order valence-electron chi connectivity index (χ1n) is 6.45. The summed E-state index contributed by atoms with van der Waals surface area (Å²) in [5.41, 5.74) is 7.08. The monoisotopic (exact) mass is 287 g/mol. The van der Waals surface area contributed by atoms with Crippen LogP contribution in [0.4, 0.5) is 0 Å². The zero-order valence-electron chi connectivity index (χ0n) is 11.7. The van der Waals surface area contributed by atoms with Gasteiger partial charge in [0.05, 0.1) is 7.11 Å². The van der Waals surface area contributed by atoms with E-state index >= 15 is 0 Å². The summed E-state index contributed by atoms with van der Waals surface area (Å²) in [6.07, 6.45) is 0. The molecule has 0 saturated carbocycles. The topological polar surface area (TPSA) is 81.8 Å². The summed E-state index contributed by atoms with van der Waals surface area (Å²) in [7, 11) is 1.50. The number of carboxylic acid groups (broad SMARTS) is 1. The molecule has 2 rings (SSSR count). The molecule has 21 heavy (non-hydrogen) atoms. The van der Waals surface area contributed by atoms with E-state index in [0.29, 0.717) is 23.7 Å². The lowest BCUT2D eigenvalue weighted by Gasteiger charge is -2.14. The lowest BCUT2D eigenvalue weighted by Crippen LogP contribution is -2.20. The minimum absolute atomic E-state index is 0.404. The third-order valence-corrected chi connectivity index (χ3v) is 3.05. The first kappa shape index (κ1) is 14.9. The summed E-state index contributed by atoms with van der Waals surface area (Å²) in [6.45, 7) is 0.404. The Labute approximate surface area is 122 Å². The summed E-state index contributed by atoms with van der Waals surface area (Å²) in [5.74, 6) is -0.0853. The van der Waals surface area contributed by atoms with Crippen molar-refractivity contribution in [3.8, 4) is 11.5 Å². The normalized spacial score (nSPS) is 11.7. The Balaban J connectivity index is 2.15. The molecule has 0 bridgehead atoms. The Morgan fingerprint density at radius 2 is 1.90 bits per heavy atom. The van der Waals surface area contributed by atoms with Gasteiger partial charge in [0.25, 0.3) is 0 Å². The van der Waals surface area contributed by atoms with Crippen molar-refractivity contribution in [1.82, 2.24) is 0 Å². The first-order chi connectivity index (χ1) is 10.1. The SMILES string of the molecule is COc1cc(C(N)C(=O)O)ccc1OCc1ccccc1. The number of aliphatic carboxylic acids is 1. The second-order valence-corrected chi connectivity index (χ2v) is 4.50. The smallest absolute Gasteiger partial charge is 0.325 e. The van der Waals surface area contributed by atoms with Crippen LogP contribution >= 0.6 is 0 Å². The van der Waals surface area contributed by atoms with Gasteiger partial charge in [-0.05, 0) is 23.3 Å². The van der Waals surface area contributed by atoms with Gasteiger partial charge in [-0.2, -0.15) is 0 Å². The molecular formula is C16H17NO4. The van der Waals surface area contributed by atoms with Gasteiger partial charge in [0, 0.05) is 0 Å². The van der Waals surface area contributed by atoms with Crippen LogP contribution in [0.2, 0.25) is 0 Å². The molecule has 0 saturated heterocycles. The summed E-state index contributed by atoms with van der Waals surface area (Å²) >= 11 is 0. The van der Waals surface area contributed by atoms with E-state index in [2.05, 4.69) is 0 Å².